The molecule has 1 N–H and O–H groups in total. The fourth-order valence-electron chi connectivity index (χ4n) is 3.15. The van der Waals surface area contributed by atoms with Gasteiger partial charge >= 0.3 is 6.18 Å². The minimum atomic E-state index is -4.61. The number of nitrogens with one attached hydrogen (secondary N) is 1. The summed E-state index contributed by atoms with van der Waals surface area (Å²) in [5.41, 5.74) is 2.40. The molecule has 0 aliphatic heterocycles. The van der Waals surface area contributed by atoms with E-state index in [1.807, 2.05) is 48.5 Å². The minimum Gasteiger partial charge on any atom is -0.261 e. The van der Waals surface area contributed by atoms with Crippen molar-refractivity contribution < 1.29 is 13.2 Å². The molecule has 4 nitrogen and oxygen atoms in total. The number of anilines is 1. The van der Waals surface area contributed by atoms with Crippen molar-refractivity contribution >= 4 is 45.3 Å². The van der Waals surface area contributed by atoms with Gasteiger partial charge in [-0.15, -0.1) is 6.42 Å². The molecule has 0 amide bonds. The SMILES string of the molecule is C#CCSc1nc(N/N=C/c2c3ccccc3cc3ccccc23)cc(C(F)(F)F)n1. The fraction of sp³-hybridized carbons (Fsp3) is 0.0870. The lowest BCUT2D eigenvalue weighted by atomic mass is 9.97. The van der Waals surface area contributed by atoms with Crippen LogP contribution in [0.4, 0.5) is 19.0 Å². The average Bonchev–Trinajstić information content (AvgIpc) is 2.76. The van der Waals surface area contributed by atoms with Crippen molar-refractivity contribution in [3.8, 4) is 12.3 Å². The van der Waals surface area contributed by atoms with Crippen LogP contribution < -0.4 is 5.43 Å². The monoisotopic (exact) mass is 436 g/mol. The van der Waals surface area contributed by atoms with Crippen LogP contribution in [-0.2, 0) is 6.18 Å². The van der Waals surface area contributed by atoms with Crippen LogP contribution in [-0.4, -0.2) is 21.9 Å². The predicted octanol–water partition coefficient (Wildman–Crippen LogP) is 5.97. The quantitative estimate of drug-likeness (QED) is 0.105. The third-order valence-corrected chi connectivity index (χ3v) is 5.22. The Balaban J connectivity index is 1.72. The molecular formula is C23H15F3N4S. The molecule has 0 fully saturated rings. The van der Waals surface area contributed by atoms with Crippen LogP contribution in [0.3, 0.4) is 0 Å². The number of thioether (sulfide) groups is 1. The van der Waals surface area contributed by atoms with Gasteiger partial charge in [0.1, 0.15) is 0 Å². The standard InChI is InChI=1S/C23H15F3N4S/c1-2-11-31-22-28-20(23(24,25)26)13-21(29-22)30-27-14-19-17-9-5-3-7-15(17)12-16-8-4-6-10-18(16)19/h1,3-10,12-14H,11H2,(H,28,29,30)/b27-14+. The summed E-state index contributed by atoms with van der Waals surface area (Å²) in [4.78, 5) is 7.60. The Morgan fingerprint density at radius 2 is 1.65 bits per heavy atom. The average molecular weight is 436 g/mol. The Morgan fingerprint density at radius 3 is 2.26 bits per heavy atom. The fourth-order valence-corrected chi connectivity index (χ4v) is 3.69. The van der Waals surface area contributed by atoms with E-state index in [1.54, 1.807) is 6.21 Å². The van der Waals surface area contributed by atoms with Gasteiger partial charge in [-0.25, -0.2) is 9.97 Å². The number of hydrogen-bond donors (Lipinski definition) is 1. The van der Waals surface area contributed by atoms with Gasteiger partial charge in [0.15, 0.2) is 16.7 Å². The Kier molecular flexibility index (Phi) is 5.78. The number of rotatable bonds is 5. The van der Waals surface area contributed by atoms with Crippen molar-refractivity contribution in [2.75, 3.05) is 11.2 Å². The molecule has 1 aromatic heterocycles. The van der Waals surface area contributed by atoms with E-state index in [1.165, 1.54) is 0 Å². The number of terminal acetylenes is 1. The first-order chi connectivity index (χ1) is 15.0. The summed E-state index contributed by atoms with van der Waals surface area (Å²) in [5.74, 6) is 2.44. The van der Waals surface area contributed by atoms with Crippen LogP contribution in [0.15, 0.2) is 70.9 Å². The number of nitrogens with zero attached hydrogens (tertiary/aromatic N) is 3. The van der Waals surface area contributed by atoms with E-state index in [0.717, 1.165) is 44.9 Å². The minimum absolute atomic E-state index is 0.0670. The first kappa shape index (κ1) is 20.7. The van der Waals surface area contributed by atoms with E-state index in [0.29, 0.717) is 0 Å². The number of hydrogen-bond acceptors (Lipinski definition) is 5. The van der Waals surface area contributed by atoms with Crippen molar-refractivity contribution in [3.63, 3.8) is 0 Å². The number of benzene rings is 3. The summed E-state index contributed by atoms with van der Waals surface area (Å²) in [5, 5.41) is 8.15. The summed E-state index contributed by atoms with van der Waals surface area (Å²) in [6.45, 7) is 0. The van der Waals surface area contributed by atoms with Crippen molar-refractivity contribution in [1.82, 2.24) is 9.97 Å². The predicted molar refractivity (Wildman–Crippen MR) is 119 cm³/mol. The number of hydrazone groups is 1. The molecular weight excluding hydrogens is 421 g/mol. The maximum absolute atomic E-state index is 13.2. The van der Waals surface area contributed by atoms with Crippen LogP contribution in [0.1, 0.15) is 11.3 Å². The van der Waals surface area contributed by atoms with Gasteiger partial charge < -0.3 is 0 Å². The molecule has 3 aromatic carbocycles. The number of halogens is 3. The highest BCUT2D eigenvalue weighted by Gasteiger charge is 2.33. The molecule has 8 heteroatoms. The topological polar surface area (TPSA) is 50.2 Å². The van der Waals surface area contributed by atoms with Gasteiger partial charge in [-0.1, -0.05) is 66.2 Å². The zero-order valence-corrected chi connectivity index (χ0v) is 16.8. The van der Waals surface area contributed by atoms with Crippen LogP contribution in [0, 0.1) is 12.3 Å². The highest BCUT2D eigenvalue weighted by Crippen LogP contribution is 2.31. The van der Waals surface area contributed by atoms with Crippen LogP contribution >= 0.6 is 11.8 Å². The lowest BCUT2D eigenvalue weighted by molar-refractivity contribution is -0.141. The Labute approximate surface area is 180 Å². The van der Waals surface area contributed by atoms with Crippen molar-refractivity contribution in [3.05, 3.63) is 71.9 Å². The maximum Gasteiger partial charge on any atom is 0.433 e. The molecule has 0 bridgehead atoms. The number of aromatic nitrogens is 2. The van der Waals surface area contributed by atoms with Gasteiger partial charge in [-0.3, -0.25) is 5.43 Å². The molecule has 0 aliphatic rings. The molecule has 4 aromatic rings. The van der Waals surface area contributed by atoms with Crippen LogP contribution in [0.5, 0.6) is 0 Å². The summed E-state index contributed by atoms with van der Waals surface area (Å²) < 4.78 is 39.6. The van der Waals surface area contributed by atoms with E-state index >= 15 is 0 Å². The first-order valence-electron chi connectivity index (χ1n) is 9.18. The summed E-state index contributed by atoms with van der Waals surface area (Å²) in [7, 11) is 0. The largest absolute Gasteiger partial charge is 0.433 e. The normalized spacial score (nSPS) is 11.8. The van der Waals surface area contributed by atoms with E-state index in [9.17, 15) is 13.2 Å². The Bertz CT molecular complexity index is 1270. The lowest BCUT2D eigenvalue weighted by Gasteiger charge is -2.10. The van der Waals surface area contributed by atoms with Crippen molar-refractivity contribution in [2.45, 2.75) is 11.3 Å². The van der Waals surface area contributed by atoms with Crippen LogP contribution in [0.25, 0.3) is 21.5 Å². The van der Waals surface area contributed by atoms with E-state index in [-0.39, 0.29) is 16.7 Å². The zero-order chi connectivity index (χ0) is 21.8. The first-order valence-corrected chi connectivity index (χ1v) is 10.2. The molecule has 0 radical (unpaired) electrons. The molecule has 1 heterocycles. The molecule has 154 valence electrons. The molecule has 0 unspecified atom stereocenters. The van der Waals surface area contributed by atoms with Gasteiger partial charge in [0.2, 0.25) is 0 Å². The van der Waals surface area contributed by atoms with Crippen LogP contribution in [0.2, 0.25) is 0 Å². The van der Waals surface area contributed by atoms with Gasteiger partial charge in [0.05, 0.1) is 12.0 Å². The summed E-state index contributed by atoms with van der Waals surface area (Å²) >= 11 is 0.948. The van der Waals surface area contributed by atoms with Crippen molar-refractivity contribution in [1.29, 1.82) is 0 Å². The second kappa shape index (κ2) is 8.66. The maximum atomic E-state index is 13.2. The molecule has 0 atom stereocenters. The van der Waals surface area contributed by atoms with E-state index in [4.69, 9.17) is 6.42 Å². The van der Waals surface area contributed by atoms with Gasteiger partial charge in [-0.05, 0) is 27.6 Å². The second-order valence-electron chi connectivity index (χ2n) is 6.51. The van der Waals surface area contributed by atoms with Gasteiger partial charge in [0.25, 0.3) is 0 Å². The van der Waals surface area contributed by atoms with Gasteiger partial charge in [-0.2, -0.15) is 18.3 Å². The van der Waals surface area contributed by atoms with Gasteiger partial charge in [0, 0.05) is 11.6 Å². The number of alkyl halides is 3. The highest BCUT2D eigenvalue weighted by atomic mass is 32.2. The molecule has 0 saturated heterocycles. The third-order valence-electron chi connectivity index (χ3n) is 4.47. The smallest absolute Gasteiger partial charge is 0.261 e. The highest BCUT2D eigenvalue weighted by molar-refractivity contribution is 7.99. The molecule has 4 rings (SSSR count). The second-order valence-corrected chi connectivity index (χ2v) is 7.46. The Hall–Kier alpha value is -3.57. The summed E-state index contributed by atoms with van der Waals surface area (Å²) in [6, 6.07) is 18.6. The van der Waals surface area contributed by atoms with E-state index in [2.05, 4.69) is 32.5 Å². The molecule has 31 heavy (non-hydrogen) atoms. The molecule has 0 spiro atoms. The van der Waals surface area contributed by atoms with E-state index < -0.39 is 11.9 Å². The Morgan fingerprint density at radius 1 is 1.00 bits per heavy atom. The zero-order valence-electron chi connectivity index (χ0n) is 16.0. The molecule has 0 aliphatic carbocycles. The lowest BCUT2D eigenvalue weighted by Crippen LogP contribution is -2.10. The number of fused-ring (bicyclic) bond motifs is 2. The summed E-state index contributed by atoms with van der Waals surface area (Å²) in [6.07, 6.45) is 2.17. The van der Waals surface area contributed by atoms with Crippen molar-refractivity contribution in [2.24, 2.45) is 5.10 Å². The molecule has 0 saturated carbocycles. The third kappa shape index (κ3) is 4.62.